The fraction of sp³-hybridized carbons (Fsp3) is 0.250. The van der Waals surface area contributed by atoms with Gasteiger partial charge in [-0.25, -0.2) is 0 Å². The number of carbonyl (C=O) groups is 1. The number of nitrogen functional groups attached to an aromatic ring is 1. The van der Waals surface area contributed by atoms with Gasteiger partial charge in [0.1, 0.15) is 0 Å². The number of hydrogen-bond acceptors (Lipinski definition) is 2. The molecule has 1 aromatic carbocycles. The van der Waals surface area contributed by atoms with E-state index in [1.165, 1.54) is 0 Å². The van der Waals surface area contributed by atoms with Crippen molar-refractivity contribution in [3.05, 3.63) is 35.9 Å². The summed E-state index contributed by atoms with van der Waals surface area (Å²) in [6.07, 6.45) is 4.37. The molecule has 0 amide bonds. The highest BCUT2D eigenvalue weighted by Crippen LogP contribution is 2.26. The predicted octanol–water partition coefficient (Wildman–Crippen LogP) is 2.41. The second-order valence-electron chi connectivity index (χ2n) is 3.61. The minimum absolute atomic E-state index is 0.230. The maximum atomic E-state index is 11.2. The van der Waals surface area contributed by atoms with Gasteiger partial charge in [0.25, 0.3) is 0 Å². The van der Waals surface area contributed by atoms with Crippen molar-refractivity contribution in [2.45, 2.75) is 19.3 Å². The van der Waals surface area contributed by atoms with E-state index in [9.17, 15) is 4.79 Å². The number of allylic oxidation sites excluding steroid dienone is 2. The first-order chi connectivity index (χ1) is 6.75. The second-order valence-corrected chi connectivity index (χ2v) is 3.61. The fourth-order valence-corrected chi connectivity index (χ4v) is 1.76. The molecule has 1 aromatic rings. The molecule has 1 aliphatic rings. The molecule has 2 heteroatoms. The molecule has 0 saturated carbocycles. The largest absolute Gasteiger partial charge is 0.399 e. The maximum Gasteiger partial charge on any atom is 0.155 e. The van der Waals surface area contributed by atoms with E-state index in [1.807, 2.05) is 24.3 Å². The van der Waals surface area contributed by atoms with Crippen LogP contribution in [0.3, 0.4) is 0 Å². The molecular weight excluding hydrogens is 174 g/mol. The third-order valence-corrected chi connectivity index (χ3v) is 2.46. The van der Waals surface area contributed by atoms with Crippen molar-refractivity contribution in [2.24, 2.45) is 0 Å². The Kier molecular flexibility index (Phi) is 2.35. The average Bonchev–Trinajstić information content (AvgIpc) is 2.18. The third-order valence-electron chi connectivity index (χ3n) is 2.46. The lowest BCUT2D eigenvalue weighted by Crippen LogP contribution is -2.02. The summed E-state index contributed by atoms with van der Waals surface area (Å²) in [6, 6.07) is 7.70. The van der Waals surface area contributed by atoms with Crippen molar-refractivity contribution in [3.63, 3.8) is 0 Å². The highest BCUT2D eigenvalue weighted by molar-refractivity contribution is 5.98. The zero-order chi connectivity index (χ0) is 9.97. The van der Waals surface area contributed by atoms with Crippen LogP contribution in [0.1, 0.15) is 24.8 Å². The molecule has 0 bridgehead atoms. The fourth-order valence-electron chi connectivity index (χ4n) is 1.76. The summed E-state index contributed by atoms with van der Waals surface area (Å²) in [5.74, 6) is 0.230. The molecule has 0 radical (unpaired) electrons. The van der Waals surface area contributed by atoms with Crippen molar-refractivity contribution < 1.29 is 4.79 Å². The molecule has 0 aliphatic heterocycles. The molecule has 1 aliphatic carbocycles. The van der Waals surface area contributed by atoms with Crippen LogP contribution in [0, 0.1) is 0 Å². The predicted molar refractivity (Wildman–Crippen MR) is 57.7 cm³/mol. The number of ketones is 1. The van der Waals surface area contributed by atoms with Gasteiger partial charge in [-0.15, -0.1) is 0 Å². The number of benzene rings is 1. The van der Waals surface area contributed by atoms with Crippen LogP contribution in [0.4, 0.5) is 5.69 Å². The van der Waals surface area contributed by atoms with E-state index in [1.54, 1.807) is 6.08 Å². The van der Waals surface area contributed by atoms with Crippen molar-refractivity contribution in [1.82, 2.24) is 0 Å². The Labute approximate surface area is 83.4 Å². The molecule has 2 N–H and O–H groups in total. The lowest BCUT2D eigenvalue weighted by Gasteiger charge is -2.12. The number of nitrogens with two attached hydrogens (primary N) is 1. The zero-order valence-corrected chi connectivity index (χ0v) is 7.99. The molecule has 2 nitrogen and oxygen atoms in total. The number of hydrogen-bond donors (Lipinski definition) is 1. The van der Waals surface area contributed by atoms with Crippen LogP contribution in [0.2, 0.25) is 0 Å². The first-order valence-electron chi connectivity index (χ1n) is 4.85. The van der Waals surface area contributed by atoms with E-state index < -0.39 is 0 Å². The van der Waals surface area contributed by atoms with E-state index in [0.717, 1.165) is 29.7 Å². The SMILES string of the molecule is Nc1cccc(C2=CC(=O)CCC2)c1. The van der Waals surface area contributed by atoms with Crippen molar-refractivity contribution >= 4 is 17.0 Å². The summed E-state index contributed by atoms with van der Waals surface area (Å²) in [4.78, 5) is 11.2. The Balaban J connectivity index is 2.35. The van der Waals surface area contributed by atoms with Gasteiger partial charge < -0.3 is 5.73 Å². The van der Waals surface area contributed by atoms with Crippen LogP contribution in [0.25, 0.3) is 5.57 Å². The Morgan fingerprint density at radius 2 is 2.07 bits per heavy atom. The summed E-state index contributed by atoms with van der Waals surface area (Å²) < 4.78 is 0. The van der Waals surface area contributed by atoms with E-state index in [0.29, 0.717) is 6.42 Å². The maximum absolute atomic E-state index is 11.2. The molecule has 14 heavy (non-hydrogen) atoms. The molecule has 72 valence electrons. The Morgan fingerprint density at radius 1 is 1.21 bits per heavy atom. The van der Waals surface area contributed by atoms with Crippen LogP contribution in [-0.2, 0) is 4.79 Å². The molecular formula is C12H13NO. The number of anilines is 1. The standard InChI is InChI=1S/C12H13NO/c13-11-5-1-3-9(7-11)10-4-2-6-12(14)8-10/h1,3,5,7-8H,2,4,6,13H2. The minimum atomic E-state index is 0.230. The Hall–Kier alpha value is -1.57. The number of carbonyl (C=O) groups excluding carboxylic acids is 1. The minimum Gasteiger partial charge on any atom is -0.399 e. The van der Waals surface area contributed by atoms with Gasteiger partial charge in [-0.1, -0.05) is 12.1 Å². The molecule has 0 atom stereocenters. The van der Waals surface area contributed by atoms with Gasteiger partial charge in [0.15, 0.2) is 5.78 Å². The van der Waals surface area contributed by atoms with Crippen molar-refractivity contribution in [1.29, 1.82) is 0 Å². The molecule has 0 heterocycles. The van der Waals surface area contributed by atoms with Gasteiger partial charge in [-0.3, -0.25) is 4.79 Å². The monoisotopic (exact) mass is 187 g/mol. The highest BCUT2D eigenvalue weighted by atomic mass is 16.1. The Bertz CT molecular complexity index is 393. The first kappa shape index (κ1) is 9.00. The summed E-state index contributed by atoms with van der Waals surface area (Å²) in [7, 11) is 0. The van der Waals surface area contributed by atoms with Gasteiger partial charge >= 0.3 is 0 Å². The molecule has 0 aromatic heterocycles. The van der Waals surface area contributed by atoms with Crippen molar-refractivity contribution in [3.8, 4) is 0 Å². The van der Waals surface area contributed by atoms with E-state index in [4.69, 9.17) is 5.73 Å². The van der Waals surface area contributed by atoms with Gasteiger partial charge in [-0.05, 0) is 42.2 Å². The molecule has 2 rings (SSSR count). The van der Waals surface area contributed by atoms with Crippen molar-refractivity contribution in [2.75, 3.05) is 5.73 Å². The van der Waals surface area contributed by atoms with E-state index in [2.05, 4.69) is 0 Å². The second kappa shape index (κ2) is 3.66. The normalized spacial score (nSPS) is 16.6. The topological polar surface area (TPSA) is 43.1 Å². The summed E-state index contributed by atoms with van der Waals surface area (Å²) in [6.45, 7) is 0. The van der Waals surface area contributed by atoms with Crippen LogP contribution >= 0.6 is 0 Å². The molecule has 0 fully saturated rings. The zero-order valence-electron chi connectivity index (χ0n) is 7.99. The Morgan fingerprint density at radius 3 is 2.79 bits per heavy atom. The summed E-state index contributed by atoms with van der Waals surface area (Å²) >= 11 is 0. The van der Waals surface area contributed by atoms with Crippen LogP contribution in [0.15, 0.2) is 30.3 Å². The lowest BCUT2D eigenvalue weighted by atomic mass is 9.93. The smallest absolute Gasteiger partial charge is 0.155 e. The first-order valence-corrected chi connectivity index (χ1v) is 4.85. The van der Waals surface area contributed by atoms with Gasteiger partial charge in [0.2, 0.25) is 0 Å². The average molecular weight is 187 g/mol. The van der Waals surface area contributed by atoms with Crippen LogP contribution in [0.5, 0.6) is 0 Å². The van der Waals surface area contributed by atoms with Gasteiger partial charge in [-0.2, -0.15) is 0 Å². The van der Waals surface area contributed by atoms with E-state index in [-0.39, 0.29) is 5.78 Å². The quantitative estimate of drug-likeness (QED) is 0.686. The van der Waals surface area contributed by atoms with Gasteiger partial charge in [0, 0.05) is 12.1 Å². The molecule has 0 spiro atoms. The van der Waals surface area contributed by atoms with E-state index >= 15 is 0 Å². The number of rotatable bonds is 1. The van der Waals surface area contributed by atoms with Gasteiger partial charge in [0.05, 0.1) is 0 Å². The molecule has 0 saturated heterocycles. The van der Waals surface area contributed by atoms with Crippen LogP contribution < -0.4 is 5.73 Å². The summed E-state index contributed by atoms with van der Waals surface area (Å²) in [5.41, 5.74) is 8.64. The summed E-state index contributed by atoms with van der Waals surface area (Å²) in [5, 5.41) is 0. The van der Waals surface area contributed by atoms with Crippen LogP contribution in [-0.4, -0.2) is 5.78 Å². The molecule has 0 unspecified atom stereocenters. The lowest BCUT2D eigenvalue weighted by molar-refractivity contribution is -0.114. The highest BCUT2D eigenvalue weighted by Gasteiger charge is 2.11. The third kappa shape index (κ3) is 1.84.